The third-order valence-corrected chi connectivity index (χ3v) is 6.51. The van der Waals surface area contributed by atoms with Crippen molar-refractivity contribution in [2.45, 2.75) is 71.8 Å². The van der Waals surface area contributed by atoms with Crippen LogP contribution in [0.25, 0.3) is 0 Å². The molecule has 1 aromatic rings. The number of aromatic nitrogens is 1. The SMILES string of the molecule is C=C/C(=N\C(=C)NC)SNC(=O)c1ccc(C(C)(C)C)nc1N1CC(CCC)CC1(C)C. The van der Waals surface area contributed by atoms with Crippen LogP contribution in [0.3, 0.4) is 0 Å². The Morgan fingerprint density at radius 1 is 1.41 bits per heavy atom. The highest BCUT2D eigenvalue weighted by molar-refractivity contribution is 8.13. The lowest BCUT2D eigenvalue weighted by Crippen LogP contribution is -2.40. The van der Waals surface area contributed by atoms with Gasteiger partial charge < -0.3 is 10.2 Å². The van der Waals surface area contributed by atoms with Crippen molar-refractivity contribution in [3.8, 4) is 0 Å². The number of carbonyl (C=O) groups excluding carboxylic acids is 1. The predicted molar refractivity (Wildman–Crippen MR) is 138 cm³/mol. The normalized spacial score (nSPS) is 18.4. The van der Waals surface area contributed by atoms with E-state index in [-0.39, 0.29) is 16.9 Å². The molecule has 1 unspecified atom stereocenters. The summed E-state index contributed by atoms with van der Waals surface area (Å²) in [4.78, 5) is 24.9. The molecular formula is C25H39N5OS. The fourth-order valence-corrected chi connectivity index (χ4v) is 4.61. The third-order valence-electron chi connectivity index (χ3n) is 5.76. The molecule has 1 aliphatic heterocycles. The van der Waals surface area contributed by atoms with E-state index < -0.39 is 0 Å². The summed E-state index contributed by atoms with van der Waals surface area (Å²) in [5.74, 6) is 1.67. The minimum Gasteiger partial charge on any atom is -0.374 e. The molecule has 1 amide bonds. The maximum Gasteiger partial charge on any atom is 0.265 e. The fraction of sp³-hybridized carbons (Fsp3) is 0.560. The van der Waals surface area contributed by atoms with Crippen LogP contribution in [0.15, 0.2) is 42.2 Å². The van der Waals surface area contributed by atoms with E-state index in [0.717, 1.165) is 42.8 Å². The Hall–Kier alpha value is -2.28. The largest absolute Gasteiger partial charge is 0.374 e. The first kappa shape index (κ1) is 26.0. The van der Waals surface area contributed by atoms with Gasteiger partial charge in [-0.1, -0.05) is 47.3 Å². The summed E-state index contributed by atoms with van der Waals surface area (Å²) in [6.45, 7) is 21.6. The van der Waals surface area contributed by atoms with E-state index in [0.29, 0.717) is 22.3 Å². The second kappa shape index (κ2) is 10.6. The molecule has 7 heteroatoms. The summed E-state index contributed by atoms with van der Waals surface area (Å²) in [6.07, 6.45) is 5.03. The van der Waals surface area contributed by atoms with E-state index in [9.17, 15) is 4.79 Å². The monoisotopic (exact) mass is 457 g/mol. The van der Waals surface area contributed by atoms with Gasteiger partial charge >= 0.3 is 0 Å². The van der Waals surface area contributed by atoms with Gasteiger partial charge in [-0.2, -0.15) is 0 Å². The molecule has 1 saturated heterocycles. The van der Waals surface area contributed by atoms with Crippen LogP contribution in [-0.2, 0) is 5.41 Å². The van der Waals surface area contributed by atoms with Gasteiger partial charge in [0.2, 0.25) is 0 Å². The molecular weight excluding hydrogens is 418 g/mol. The lowest BCUT2D eigenvalue weighted by atomic mass is 9.91. The minimum absolute atomic E-state index is 0.0657. The summed E-state index contributed by atoms with van der Waals surface area (Å²) in [7, 11) is 1.74. The average Bonchev–Trinajstić information content (AvgIpc) is 3.03. The number of nitrogens with one attached hydrogen (secondary N) is 2. The van der Waals surface area contributed by atoms with Crippen molar-refractivity contribution in [1.29, 1.82) is 0 Å². The van der Waals surface area contributed by atoms with Crippen molar-refractivity contribution < 1.29 is 4.79 Å². The molecule has 1 aromatic heterocycles. The van der Waals surface area contributed by atoms with Crippen LogP contribution in [0.5, 0.6) is 0 Å². The Kier molecular flexibility index (Phi) is 8.57. The lowest BCUT2D eigenvalue weighted by molar-refractivity contribution is 0.0984. The van der Waals surface area contributed by atoms with Gasteiger partial charge in [-0.05, 0) is 50.8 Å². The molecule has 32 heavy (non-hydrogen) atoms. The zero-order valence-electron chi connectivity index (χ0n) is 20.7. The highest BCUT2D eigenvalue weighted by Gasteiger charge is 2.40. The average molecular weight is 458 g/mol. The molecule has 0 bridgehead atoms. The van der Waals surface area contributed by atoms with E-state index in [1.807, 2.05) is 12.1 Å². The van der Waals surface area contributed by atoms with Crippen LogP contribution in [0, 0.1) is 5.92 Å². The van der Waals surface area contributed by atoms with E-state index in [2.05, 4.69) is 74.6 Å². The van der Waals surface area contributed by atoms with E-state index in [1.165, 1.54) is 6.42 Å². The molecule has 2 rings (SSSR count). The molecule has 0 saturated carbocycles. The van der Waals surface area contributed by atoms with Crippen LogP contribution in [0.4, 0.5) is 5.82 Å². The maximum atomic E-state index is 13.3. The van der Waals surface area contributed by atoms with Crippen molar-refractivity contribution in [3.05, 3.63) is 48.4 Å². The number of pyridine rings is 1. The lowest BCUT2D eigenvalue weighted by Gasteiger charge is -2.34. The summed E-state index contributed by atoms with van der Waals surface area (Å²) in [6, 6.07) is 3.86. The molecule has 2 N–H and O–H groups in total. The van der Waals surface area contributed by atoms with Gasteiger partial charge in [-0.15, -0.1) is 0 Å². The van der Waals surface area contributed by atoms with Gasteiger partial charge in [0.05, 0.1) is 5.56 Å². The minimum atomic E-state index is -0.197. The van der Waals surface area contributed by atoms with Gasteiger partial charge in [0.1, 0.15) is 16.7 Å². The second-order valence-corrected chi connectivity index (χ2v) is 10.8. The third kappa shape index (κ3) is 6.37. The first-order valence-electron chi connectivity index (χ1n) is 11.3. The topological polar surface area (TPSA) is 69.6 Å². The first-order valence-corrected chi connectivity index (χ1v) is 12.1. The number of aliphatic imine (C=N–C) groups is 1. The second-order valence-electron chi connectivity index (χ2n) is 9.98. The molecule has 0 aromatic carbocycles. The molecule has 0 spiro atoms. The summed E-state index contributed by atoms with van der Waals surface area (Å²) >= 11 is 1.12. The van der Waals surface area contributed by atoms with Crippen LogP contribution in [0.1, 0.15) is 76.9 Å². The van der Waals surface area contributed by atoms with Crippen molar-refractivity contribution in [2.24, 2.45) is 10.9 Å². The number of anilines is 1. The quantitative estimate of drug-likeness (QED) is 0.324. The van der Waals surface area contributed by atoms with Crippen molar-refractivity contribution in [3.63, 3.8) is 0 Å². The first-order chi connectivity index (χ1) is 14.9. The van der Waals surface area contributed by atoms with Gasteiger partial charge in [0.15, 0.2) is 0 Å². The summed E-state index contributed by atoms with van der Waals surface area (Å²) < 4.78 is 2.91. The van der Waals surface area contributed by atoms with E-state index in [1.54, 1.807) is 13.1 Å². The zero-order valence-corrected chi connectivity index (χ0v) is 21.5. The fourth-order valence-electron chi connectivity index (χ4n) is 4.06. The Morgan fingerprint density at radius 2 is 2.09 bits per heavy atom. The van der Waals surface area contributed by atoms with Gasteiger partial charge in [-0.25, -0.2) is 9.98 Å². The van der Waals surface area contributed by atoms with Crippen LogP contribution >= 0.6 is 11.9 Å². The molecule has 1 atom stereocenters. The van der Waals surface area contributed by atoms with Crippen molar-refractivity contribution in [2.75, 3.05) is 18.5 Å². The Balaban J connectivity index is 2.40. The van der Waals surface area contributed by atoms with Crippen LogP contribution < -0.4 is 14.9 Å². The highest BCUT2D eigenvalue weighted by Crippen LogP contribution is 2.40. The number of nitrogens with zero attached hydrogens (tertiary/aromatic N) is 3. The van der Waals surface area contributed by atoms with Crippen LogP contribution in [0.2, 0.25) is 0 Å². The highest BCUT2D eigenvalue weighted by atomic mass is 32.2. The maximum absolute atomic E-state index is 13.3. The summed E-state index contributed by atoms with van der Waals surface area (Å²) in [5, 5.41) is 3.42. The predicted octanol–water partition coefficient (Wildman–Crippen LogP) is 5.44. The van der Waals surface area contributed by atoms with Gasteiger partial charge in [0.25, 0.3) is 5.91 Å². The van der Waals surface area contributed by atoms with E-state index in [4.69, 9.17) is 4.98 Å². The summed E-state index contributed by atoms with van der Waals surface area (Å²) in [5.41, 5.74) is 1.38. The zero-order chi connectivity index (χ0) is 24.1. The molecule has 0 aliphatic carbocycles. The molecule has 1 fully saturated rings. The van der Waals surface area contributed by atoms with Gasteiger partial charge in [0, 0.05) is 42.2 Å². The number of carbonyl (C=O) groups is 1. The Bertz CT molecular complexity index is 885. The Labute approximate surface area is 198 Å². The molecule has 2 heterocycles. The molecule has 0 radical (unpaired) electrons. The van der Waals surface area contributed by atoms with Crippen LogP contribution in [-0.4, -0.2) is 35.1 Å². The Morgan fingerprint density at radius 3 is 2.66 bits per heavy atom. The molecule has 1 aliphatic rings. The number of amides is 1. The van der Waals surface area contributed by atoms with Gasteiger partial charge in [-0.3, -0.25) is 9.52 Å². The molecule has 6 nitrogen and oxygen atoms in total. The number of hydrogen-bond donors (Lipinski definition) is 2. The number of rotatable bonds is 7. The molecule has 176 valence electrons. The standard InChI is InChI=1S/C25H39N5OS/c1-10-12-18-15-25(7,8)30(16-18)22-19(13-14-20(28-22)24(4,5)6)23(31)29-32-21(11-2)27-17(3)26-9/h11,13-14,18,26H,2-3,10,12,15-16H2,1,4-9H3,(H,29,31)/b27-21+. The number of hydrogen-bond acceptors (Lipinski definition) is 6. The van der Waals surface area contributed by atoms with Crippen molar-refractivity contribution >= 4 is 28.7 Å². The smallest absolute Gasteiger partial charge is 0.265 e. The van der Waals surface area contributed by atoms with Crippen molar-refractivity contribution in [1.82, 2.24) is 15.0 Å². The van der Waals surface area contributed by atoms with E-state index >= 15 is 0 Å².